The van der Waals surface area contributed by atoms with Gasteiger partial charge in [0.1, 0.15) is 0 Å². The van der Waals surface area contributed by atoms with Crippen molar-refractivity contribution < 1.29 is 4.79 Å². The maximum Gasteiger partial charge on any atom is 0.236 e. The summed E-state index contributed by atoms with van der Waals surface area (Å²) in [6.45, 7) is 0. The summed E-state index contributed by atoms with van der Waals surface area (Å²) in [5.74, 6) is 0.844. The fourth-order valence-corrected chi connectivity index (χ4v) is 4.43. The number of hydrogen-bond acceptors (Lipinski definition) is 3. The molecule has 3 aromatic carbocycles. The topological polar surface area (TPSA) is 35.9 Å². The third-order valence-electron chi connectivity index (χ3n) is 6.04. The van der Waals surface area contributed by atoms with E-state index in [1.807, 2.05) is 54.4 Å². The first kappa shape index (κ1) is 19.3. The third kappa shape index (κ3) is 3.77. The fraction of sp³-hybridized carbons (Fsp3) is 0.185. The molecule has 154 valence electrons. The molecule has 31 heavy (non-hydrogen) atoms. The van der Waals surface area contributed by atoms with Crippen LogP contribution in [-0.2, 0) is 11.2 Å². The Kier molecular flexibility index (Phi) is 5.13. The summed E-state index contributed by atoms with van der Waals surface area (Å²) >= 11 is 0. The SMILES string of the molecule is CN1C2=N[C@H](c3ccccc3)CC(=O)N2/C(=C\c2ccccc2)C1Cc1ccccc1. The maximum absolute atomic E-state index is 13.4. The van der Waals surface area contributed by atoms with E-state index in [1.165, 1.54) is 5.56 Å². The van der Waals surface area contributed by atoms with Crippen molar-refractivity contribution in [1.29, 1.82) is 0 Å². The lowest BCUT2D eigenvalue weighted by atomic mass is 10.00. The number of guanidine groups is 1. The first-order valence-corrected chi connectivity index (χ1v) is 10.7. The largest absolute Gasteiger partial charge is 0.336 e. The van der Waals surface area contributed by atoms with Gasteiger partial charge in [-0.05, 0) is 29.2 Å². The molecule has 1 amide bonds. The first-order chi connectivity index (χ1) is 15.2. The number of rotatable bonds is 4. The summed E-state index contributed by atoms with van der Waals surface area (Å²) in [6.07, 6.45) is 3.33. The Morgan fingerprint density at radius 3 is 2.19 bits per heavy atom. The van der Waals surface area contributed by atoms with Gasteiger partial charge in [-0.1, -0.05) is 91.0 Å². The average molecular weight is 408 g/mol. The zero-order valence-electron chi connectivity index (χ0n) is 17.6. The number of fused-ring (bicyclic) bond motifs is 1. The number of aliphatic imine (C=N–C) groups is 1. The van der Waals surface area contributed by atoms with E-state index in [0.29, 0.717) is 6.42 Å². The van der Waals surface area contributed by atoms with Gasteiger partial charge >= 0.3 is 0 Å². The summed E-state index contributed by atoms with van der Waals surface area (Å²) < 4.78 is 0. The molecule has 2 aliphatic heterocycles. The van der Waals surface area contributed by atoms with E-state index < -0.39 is 0 Å². The van der Waals surface area contributed by atoms with E-state index in [9.17, 15) is 4.79 Å². The molecular formula is C27H25N3O. The van der Waals surface area contributed by atoms with E-state index in [2.05, 4.69) is 59.5 Å². The van der Waals surface area contributed by atoms with Gasteiger partial charge < -0.3 is 4.90 Å². The Balaban J connectivity index is 1.58. The average Bonchev–Trinajstić information content (AvgIpc) is 3.07. The molecule has 0 aliphatic carbocycles. The Hall–Kier alpha value is -3.66. The van der Waals surface area contributed by atoms with Crippen molar-refractivity contribution in [2.45, 2.75) is 24.9 Å². The molecule has 2 heterocycles. The summed E-state index contributed by atoms with van der Waals surface area (Å²) in [6, 6.07) is 30.6. The second-order valence-electron chi connectivity index (χ2n) is 8.09. The molecule has 2 aliphatic rings. The number of hydrogen-bond donors (Lipinski definition) is 0. The van der Waals surface area contributed by atoms with Crippen LogP contribution in [0.15, 0.2) is 102 Å². The number of likely N-dealkylation sites (N-methyl/N-ethyl adjacent to an activating group) is 1. The van der Waals surface area contributed by atoms with E-state index in [4.69, 9.17) is 4.99 Å². The van der Waals surface area contributed by atoms with E-state index in [1.54, 1.807) is 0 Å². The van der Waals surface area contributed by atoms with Crippen LogP contribution in [0, 0.1) is 0 Å². The highest BCUT2D eigenvalue weighted by Gasteiger charge is 2.44. The zero-order chi connectivity index (χ0) is 21.2. The van der Waals surface area contributed by atoms with Gasteiger partial charge in [-0.25, -0.2) is 4.99 Å². The van der Waals surface area contributed by atoms with Gasteiger partial charge in [-0.2, -0.15) is 0 Å². The quantitative estimate of drug-likeness (QED) is 0.616. The lowest BCUT2D eigenvalue weighted by Crippen LogP contribution is -2.40. The lowest BCUT2D eigenvalue weighted by molar-refractivity contribution is -0.126. The zero-order valence-corrected chi connectivity index (χ0v) is 17.6. The minimum Gasteiger partial charge on any atom is -0.336 e. The van der Waals surface area contributed by atoms with Gasteiger partial charge in [-0.15, -0.1) is 0 Å². The summed E-state index contributed by atoms with van der Waals surface area (Å²) in [5, 5.41) is 0. The minimum atomic E-state index is -0.143. The van der Waals surface area contributed by atoms with Gasteiger partial charge in [0.15, 0.2) is 0 Å². The molecule has 0 N–H and O–H groups in total. The van der Waals surface area contributed by atoms with E-state index in [-0.39, 0.29) is 18.0 Å². The molecule has 3 aromatic rings. The second kappa shape index (κ2) is 8.23. The van der Waals surface area contributed by atoms with Crippen molar-refractivity contribution in [3.05, 3.63) is 113 Å². The molecule has 2 atom stereocenters. The highest BCUT2D eigenvalue weighted by Crippen LogP contribution is 2.37. The molecule has 4 heteroatoms. The van der Waals surface area contributed by atoms with E-state index in [0.717, 1.165) is 29.2 Å². The fourth-order valence-electron chi connectivity index (χ4n) is 4.43. The van der Waals surface area contributed by atoms with Gasteiger partial charge in [0.25, 0.3) is 0 Å². The first-order valence-electron chi connectivity index (χ1n) is 10.7. The smallest absolute Gasteiger partial charge is 0.236 e. The van der Waals surface area contributed by atoms with Crippen LogP contribution in [0.5, 0.6) is 0 Å². The van der Waals surface area contributed by atoms with Crippen molar-refractivity contribution in [3.8, 4) is 0 Å². The Bertz CT molecular complexity index is 1120. The van der Waals surface area contributed by atoms with Crippen LogP contribution in [0.4, 0.5) is 0 Å². The summed E-state index contributed by atoms with van der Waals surface area (Å²) in [5.41, 5.74) is 4.40. The summed E-state index contributed by atoms with van der Waals surface area (Å²) in [4.78, 5) is 22.4. The number of benzene rings is 3. The van der Waals surface area contributed by atoms with Crippen LogP contribution in [-0.4, -0.2) is 34.8 Å². The highest BCUT2D eigenvalue weighted by molar-refractivity contribution is 6.04. The molecule has 1 unspecified atom stereocenters. The standard InChI is InChI=1S/C27H25N3O/c1-29-24(17-20-11-5-2-6-12-20)25(18-21-13-7-3-8-14-21)30-26(31)19-23(28-27(29)30)22-15-9-4-10-16-22/h2-16,18,23-24H,17,19H2,1H3/b25-18-/t23-,24?/m0/s1. The lowest BCUT2D eigenvalue weighted by Gasteiger charge is -2.28. The maximum atomic E-state index is 13.4. The molecule has 0 bridgehead atoms. The molecule has 0 aromatic heterocycles. The van der Waals surface area contributed by atoms with Gasteiger partial charge in [-0.3, -0.25) is 9.69 Å². The van der Waals surface area contributed by atoms with Crippen molar-refractivity contribution >= 4 is 17.9 Å². The minimum absolute atomic E-state index is 0.0415. The predicted molar refractivity (Wildman–Crippen MR) is 124 cm³/mol. The van der Waals surface area contributed by atoms with Crippen LogP contribution in [0.2, 0.25) is 0 Å². The molecule has 0 radical (unpaired) electrons. The molecule has 4 nitrogen and oxygen atoms in total. The highest BCUT2D eigenvalue weighted by atomic mass is 16.2. The van der Waals surface area contributed by atoms with Gasteiger partial charge in [0, 0.05) is 7.05 Å². The number of nitrogens with zero attached hydrogens (tertiary/aromatic N) is 3. The molecule has 1 saturated heterocycles. The molecular weight excluding hydrogens is 382 g/mol. The third-order valence-corrected chi connectivity index (χ3v) is 6.04. The predicted octanol–water partition coefficient (Wildman–Crippen LogP) is 4.91. The van der Waals surface area contributed by atoms with Crippen molar-refractivity contribution in [3.63, 3.8) is 0 Å². The van der Waals surface area contributed by atoms with Gasteiger partial charge in [0.2, 0.25) is 11.9 Å². The van der Waals surface area contributed by atoms with Gasteiger partial charge in [0.05, 0.1) is 24.2 Å². The molecule has 1 fully saturated rings. The van der Waals surface area contributed by atoms with Crippen molar-refractivity contribution in [2.24, 2.45) is 4.99 Å². The van der Waals surface area contributed by atoms with Crippen LogP contribution < -0.4 is 0 Å². The monoisotopic (exact) mass is 407 g/mol. The number of carbonyl (C=O) groups is 1. The number of carbonyl (C=O) groups excluding carboxylic acids is 1. The van der Waals surface area contributed by atoms with Crippen molar-refractivity contribution in [2.75, 3.05) is 7.05 Å². The van der Waals surface area contributed by atoms with E-state index >= 15 is 0 Å². The summed E-state index contributed by atoms with van der Waals surface area (Å²) in [7, 11) is 2.05. The second-order valence-corrected chi connectivity index (χ2v) is 8.09. The van der Waals surface area contributed by atoms with Crippen LogP contribution >= 0.6 is 0 Å². The molecule has 0 spiro atoms. The van der Waals surface area contributed by atoms with Crippen LogP contribution in [0.3, 0.4) is 0 Å². The number of amides is 1. The van der Waals surface area contributed by atoms with Crippen molar-refractivity contribution in [1.82, 2.24) is 9.80 Å². The molecule has 5 rings (SSSR count). The Labute approximate surface area is 183 Å². The van der Waals surface area contributed by atoms with Crippen LogP contribution in [0.1, 0.15) is 29.2 Å². The molecule has 0 saturated carbocycles. The normalized spacial score (nSPS) is 21.9. The Morgan fingerprint density at radius 2 is 1.52 bits per heavy atom. The van der Waals surface area contributed by atoms with Crippen LogP contribution in [0.25, 0.3) is 6.08 Å². The Morgan fingerprint density at radius 1 is 0.903 bits per heavy atom.